The second kappa shape index (κ2) is 3.30. The lowest BCUT2D eigenvalue weighted by Gasteiger charge is -2.00. The number of fused-ring (bicyclic) bond motifs is 3. The second-order valence-corrected chi connectivity index (χ2v) is 4.83. The fourth-order valence-corrected chi connectivity index (χ4v) is 3.13. The van der Waals surface area contributed by atoms with Crippen LogP contribution in [-0.4, -0.2) is 0 Å². The highest BCUT2D eigenvalue weighted by Gasteiger charge is 2.40. The molecule has 0 nitrogen and oxygen atoms in total. The fourth-order valence-electron chi connectivity index (χ4n) is 1.93. The van der Waals surface area contributed by atoms with Crippen molar-refractivity contribution in [3.63, 3.8) is 0 Å². The van der Waals surface area contributed by atoms with Gasteiger partial charge in [0.2, 0.25) is 0 Å². The molecule has 1 aromatic rings. The summed E-state index contributed by atoms with van der Waals surface area (Å²) in [5.41, 5.74) is 1.49. The van der Waals surface area contributed by atoms with Crippen molar-refractivity contribution in [3.05, 3.63) is 27.5 Å². The molecular weight excluding hydrogens is 176 g/mol. The molecule has 0 aromatic carbocycles. The summed E-state index contributed by atoms with van der Waals surface area (Å²) in [6.45, 7) is 6.20. The zero-order chi connectivity index (χ0) is 9.42. The summed E-state index contributed by atoms with van der Waals surface area (Å²) >= 11 is 1.99. The molecule has 1 fully saturated rings. The van der Waals surface area contributed by atoms with Crippen LogP contribution in [0.2, 0.25) is 0 Å². The SMILES string of the molecule is CC.Cc1cc2c(s1)C1CC1C=C2. The maximum Gasteiger partial charge on any atom is 0.0157 e. The molecule has 2 atom stereocenters. The quantitative estimate of drug-likeness (QED) is 0.577. The van der Waals surface area contributed by atoms with E-state index in [9.17, 15) is 0 Å². The van der Waals surface area contributed by atoms with Gasteiger partial charge in [0.15, 0.2) is 0 Å². The first-order chi connectivity index (χ1) is 6.34. The van der Waals surface area contributed by atoms with Gasteiger partial charge < -0.3 is 0 Å². The van der Waals surface area contributed by atoms with E-state index in [4.69, 9.17) is 0 Å². The monoisotopic (exact) mass is 192 g/mol. The molecule has 2 aliphatic rings. The molecule has 0 aliphatic heterocycles. The summed E-state index contributed by atoms with van der Waals surface area (Å²) in [6.07, 6.45) is 6.08. The summed E-state index contributed by atoms with van der Waals surface area (Å²) < 4.78 is 0. The Labute approximate surface area is 84.3 Å². The second-order valence-electron chi connectivity index (χ2n) is 3.54. The number of rotatable bonds is 0. The smallest absolute Gasteiger partial charge is 0.0157 e. The Kier molecular flexibility index (Phi) is 2.29. The summed E-state index contributed by atoms with van der Waals surface area (Å²) in [5.74, 6) is 1.81. The third-order valence-corrected chi connectivity index (χ3v) is 3.81. The van der Waals surface area contributed by atoms with Gasteiger partial charge >= 0.3 is 0 Å². The van der Waals surface area contributed by atoms with Crippen LogP contribution < -0.4 is 0 Å². The zero-order valence-electron chi connectivity index (χ0n) is 8.50. The first kappa shape index (κ1) is 9.01. The molecule has 1 saturated carbocycles. The number of allylic oxidation sites excluding steroid dienone is 1. The summed E-state index contributed by atoms with van der Waals surface area (Å²) in [5, 5.41) is 0. The molecule has 1 heteroatoms. The van der Waals surface area contributed by atoms with Crippen molar-refractivity contribution >= 4 is 17.4 Å². The molecule has 2 aliphatic carbocycles. The lowest BCUT2D eigenvalue weighted by atomic mass is 10.1. The van der Waals surface area contributed by atoms with Crippen molar-refractivity contribution in [1.82, 2.24) is 0 Å². The Balaban J connectivity index is 0.000000308. The van der Waals surface area contributed by atoms with E-state index in [0.717, 1.165) is 11.8 Å². The predicted octanol–water partition coefficient (Wildman–Crippen LogP) is 4.21. The maximum absolute atomic E-state index is 2.37. The molecule has 0 spiro atoms. The van der Waals surface area contributed by atoms with Crippen LogP contribution in [0.3, 0.4) is 0 Å². The average Bonchev–Trinajstić information content (AvgIpc) is 2.85. The number of thiophene rings is 1. The van der Waals surface area contributed by atoms with E-state index in [-0.39, 0.29) is 0 Å². The molecular formula is C12H16S. The first-order valence-electron chi connectivity index (χ1n) is 5.13. The largest absolute Gasteiger partial charge is 0.145 e. The molecule has 1 aromatic heterocycles. The van der Waals surface area contributed by atoms with Crippen LogP contribution in [0.1, 0.15) is 41.5 Å². The molecule has 70 valence electrons. The lowest BCUT2D eigenvalue weighted by molar-refractivity contribution is 1.02. The highest BCUT2D eigenvalue weighted by molar-refractivity contribution is 7.12. The van der Waals surface area contributed by atoms with E-state index in [2.05, 4.69) is 25.1 Å². The van der Waals surface area contributed by atoms with Gasteiger partial charge in [-0.15, -0.1) is 11.3 Å². The van der Waals surface area contributed by atoms with E-state index in [1.54, 1.807) is 4.88 Å². The van der Waals surface area contributed by atoms with E-state index in [1.807, 2.05) is 25.2 Å². The van der Waals surface area contributed by atoms with Crippen LogP contribution in [-0.2, 0) is 0 Å². The third kappa shape index (κ3) is 1.46. The van der Waals surface area contributed by atoms with E-state index in [1.165, 1.54) is 16.9 Å². The number of hydrogen-bond acceptors (Lipinski definition) is 1. The Hall–Kier alpha value is -0.560. The number of aryl methyl sites for hydroxylation is 1. The van der Waals surface area contributed by atoms with Crippen molar-refractivity contribution in [3.8, 4) is 0 Å². The minimum Gasteiger partial charge on any atom is -0.145 e. The van der Waals surface area contributed by atoms with Gasteiger partial charge in [-0.2, -0.15) is 0 Å². The van der Waals surface area contributed by atoms with Crippen molar-refractivity contribution < 1.29 is 0 Å². The van der Waals surface area contributed by atoms with Crippen LogP contribution in [0.15, 0.2) is 12.1 Å². The zero-order valence-corrected chi connectivity index (χ0v) is 9.32. The molecule has 3 rings (SSSR count). The fraction of sp³-hybridized carbons (Fsp3) is 0.500. The van der Waals surface area contributed by atoms with Crippen molar-refractivity contribution in [1.29, 1.82) is 0 Å². The third-order valence-electron chi connectivity index (χ3n) is 2.61. The van der Waals surface area contributed by atoms with Crippen LogP contribution in [0.4, 0.5) is 0 Å². The van der Waals surface area contributed by atoms with Gasteiger partial charge in [-0.05, 0) is 30.9 Å². The standard InChI is InChI=1S/C10H10S.C2H6/c1-6-4-8-3-2-7-5-9(7)10(8)11-6;1-2/h2-4,7,9H,5H2,1H3;1-2H3. The van der Waals surface area contributed by atoms with Crippen molar-refractivity contribution in [2.75, 3.05) is 0 Å². The van der Waals surface area contributed by atoms with Gasteiger partial charge in [0.25, 0.3) is 0 Å². The van der Waals surface area contributed by atoms with E-state index in [0.29, 0.717) is 0 Å². The molecule has 0 saturated heterocycles. The topological polar surface area (TPSA) is 0 Å². The Morgan fingerprint density at radius 1 is 1.38 bits per heavy atom. The predicted molar refractivity (Wildman–Crippen MR) is 60.3 cm³/mol. The molecule has 1 heterocycles. The maximum atomic E-state index is 2.37. The average molecular weight is 192 g/mol. The molecule has 0 N–H and O–H groups in total. The molecule has 0 amide bonds. The minimum atomic E-state index is 0.903. The van der Waals surface area contributed by atoms with Crippen molar-refractivity contribution in [2.24, 2.45) is 5.92 Å². The van der Waals surface area contributed by atoms with Crippen LogP contribution in [0.25, 0.3) is 6.08 Å². The molecule has 13 heavy (non-hydrogen) atoms. The van der Waals surface area contributed by atoms with Gasteiger partial charge in [-0.25, -0.2) is 0 Å². The van der Waals surface area contributed by atoms with Gasteiger partial charge in [0.05, 0.1) is 0 Å². The van der Waals surface area contributed by atoms with Gasteiger partial charge in [0, 0.05) is 15.7 Å². The van der Waals surface area contributed by atoms with Gasteiger partial charge in [0.1, 0.15) is 0 Å². The highest BCUT2D eigenvalue weighted by atomic mass is 32.1. The molecule has 2 unspecified atom stereocenters. The first-order valence-corrected chi connectivity index (χ1v) is 5.95. The Morgan fingerprint density at radius 3 is 2.92 bits per heavy atom. The van der Waals surface area contributed by atoms with Crippen LogP contribution in [0, 0.1) is 12.8 Å². The van der Waals surface area contributed by atoms with Crippen LogP contribution >= 0.6 is 11.3 Å². The van der Waals surface area contributed by atoms with Gasteiger partial charge in [-0.1, -0.05) is 26.0 Å². The van der Waals surface area contributed by atoms with E-state index < -0.39 is 0 Å². The summed E-state index contributed by atoms with van der Waals surface area (Å²) in [7, 11) is 0. The Morgan fingerprint density at radius 2 is 2.15 bits per heavy atom. The van der Waals surface area contributed by atoms with Crippen LogP contribution in [0.5, 0.6) is 0 Å². The van der Waals surface area contributed by atoms with Gasteiger partial charge in [-0.3, -0.25) is 0 Å². The highest BCUT2D eigenvalue weighted by Crippen LogP contribution is 2.54. The molecule has 0 bridgehead atoms. The number of hydrogen-bond donors (Lipinski definition) is 0. The minimum absolute atomic E-state index is 0.903. The molecule has 0 radical (unpaired) electrons. The van der Waals surface area contributed by atoms with E-state index >= 15 is 0 Å². The normalized spacial score (nSPS) is 27.0. The van der Waals surface area contributed by atoms with Crippen molar-refractivity contribution in [2.45, 2.75) is 33.1 Å². The summed E-state index contributed by atoms with van der Waals surface area (Å²) in [4.78, 5) is 3.11. The summed E-state index contributed by atoms with van der Waals surface area (Å²) in [6, 6.07) is 2.31. The Bertz CT molecular complexity index is 333. The lowest BCUT2D eigenvalue weighted by Crippen LogP contribution is -1.84.